The first-order valence-electron chi connectivity index (χ1n) is 10.2. The minimum Gasteiger partial charge on any atom is -0.457 e. The number of nitrogens with zero attached hydrogens (tertiary/aromatic N) is 2. The summed E-state index contributed by atoms with van der Waals surface area (Å²) in [4.78, 5) is 16.9. The summed E-state index contributed by atoms with van der Waals surface area (Å²) >= 11 is 0. The number of nitrogens with one attached hydrogen (secondary N) is 2. The Kier molecular flexibility index (Phi) is 5.18. The first kappa shape index (κ1) is 20.2. The monoisotopic (exact) mass is 436 g/mol. The highest BCUT2D eigenvalue weighted by Crippen LogP contribution is 2.36. The number of rotatable bonds is 5. The average molecular weight is 436 g/mol. The Hall–Kier alpha value is -4.69. The van der Waals surface area contributed by atoms with Gasteiger partial charge in [0.25, 0.3) is 5.91 Å². The number of hydrogen-bond acceptors (Lipinski definition) is 6. The van der Waals surface area contributed by atoms with Crippen molar-refractivity contribution < 1.29 is 9.53 Å². The smallest absolute Gasteiger partial charge is 0.265 e. The molecule has 162 valence electrons. The van der Waals surface area contributed by atoms with E-state index in [1.807, 2.05) is 72.8 Å². The van der Waals surface area contributed by atoms with Crippen molar-refractivity contribution in [1.82, 2.24) is 20.6 Å². The fourth-order valence-corrected chi connectivity index (χ4v) is 3.72. The molecule has 0 saturated carbocycles. The number of nitrogens with two attached hydrogens (primary N) is 2. The van der Waals surface area contributed by atoms with Crippen LogP contribution in [0.25, 0.3) is 33.4 Å². The van der Waals surface area contributed by atoms with Crippen molar-refractivity contribution in [3.05, 3.63) is 90.5 Å². The lowest BCUT2D eigenvalue weighted by Crippen LogP contribution is -2.30. The molecule has 0 unspecified atom stereocenters. The number of hydrogen-bond donors (Lipinski definition) is 4. The molecule has 3 aromatic carbocycles. The molecule has 33 heavy (non-hydrogen) atoms. The van der Waals surface area contributed by atoms with Crippen LogP contribution in [0.4, 0.5) is 5.82 Å². The molecular formula is C25H20N6O2. The van der Waals surface area contributed by atoms with Crippen LogP contribution in [0.2, 0.25) is 0 Å². The lowest BCUT2D eigenvalue weighted by molar-refractivity contribution is 0.0954. The summed E-state index contributed by atoms with van der Waals surface area (Å²) in [5.41, 5.74) is 12.2. The zero-order chi connectivity index (χ0) is 22.8. The summed E-state index contributed by atoms with van der Waals surface area (Å²) in [6.45, 7) is 0. The Morgan fingerprint density at radius 2 is 1.58 bits per heavy atom. The molecule has 0 spiro atoms. The van der Waals surface area contributed by atoms with Gasteiger partial charge in [-0.2, -0.15) is 5.10 Å². The van der Waals surface area contributed by atoms with Gasteiger partial charge in [-0.1, -0.05) is 48.5 Å². The molecule has 0 saturated heterocycles. The lowest BCUT2D eigenvalue weighted by atomic mass is 9.97. The minimum absolute atomic E-state index is 0.405. The third-order valence-corrected chi connectivity index (χ3v) is 5.27. The number of aromatic amines is 1. The maximum Gasteiger partial charge on any atom is 0.265 e. The number of hydrazine groups is 1. The normalized spacial score (nSPS) is 10.8. The van der Waals surface area contributed by atoms with Crippen molar-refractivity contribution in [3.8, 4) is 33.9 Å². The molecule has 8 nitrogen and oxygen atoms in total. The number of para-hydroxylation sites is 1. The molecule has 8 heteroatoms. The summed E-state index contributed by atoms with van der Waals surface area (Å²) in [7, 11) is 0. The molecule has 1 amide bonds. The van der Waals surface area contributed by atoms with Crippen LogP contribution >= 0.6 is 0 Å². The third-order valence-electron chi connectivity index (χ3n) is 5.27. The molecule has 0 aliphatic rings. The summed E-state index contributed by atoms with van der Waals surface area (Å²) in [6.07, 6.45) is 0. The fraction of sp³-hybridized carbons (Fsp3) is 0. The van der Waals surface area contributed by atoms with Crippen LogP contribution in [0.1, 0.15) is 10.4 Å². The second kappa shape index (κ2) is 8.45. The van der Waals surface area contributed by atoms with E-state index in [4.69, 9.17) is 16.3 Å². The fourth-order valence-electron chi connectivity index (χ4n) is 3.72. The van der Waals surface area contributed by atoms with E-state index < -0.39 is 5.91 Å². The number of anilines is 1. The number of fused-ring (bicyclic) bond motifs is 1. The Bertz CT molecular complexity index is 1450. The van der Waals surface area contributed by atoms with Crippen molar-refractivity contribution in [2.45, 2.75) is 0 Å². The van der Waals surface area contributed by atoms with E-state index in [0.29, 0.717) is 39.4 Å². The second-order valence-electron chi connectivity index (χ2n) is 7.35. The van der Waals surface area contributed by atoms with Gasteiger partial charge in [0, 0.05) is 5.56 Å². The van der Waals surface area contributed by atoms with Crippen LogP contribution in [-0.2, 0) is 0 Å². The van der Waals surface area contributed by atoms with Crippen molar-refractivity contribution in [1.29, 1.82) is 0 Å². The van der Waals surface area contributed by atoms with Gasteiger partial charge in [-0.3, -0.25) is 15.3 Å². The molecule has 2 aromatic heterocycles. The number of H-pyrrole nitrogens is 1. The van der Waals surface area contributed by atoms with E-state index in [2.05, 4.69) is 20.6 Å². The topological polar surface area (TPSA) is 132 Å². The highest BCUT2D eigenvalue weighted by atomic mass is 16.5. The number of amides is 1. The molecule has 0 fully saturated rings. The van der Waals surface area contributed by atoms with Gasteiger partial charge in [0.1, 0.15) is 17.3 Å². The van der Waals surface area contributed by atoms with Crippen LogP contribution in [0, 0.1) is 0 Å². The van der Waals surface area contributed by atoms with E-state index in [0.717, 1.165) is 16.9 Å². The molecule has 0 bridgehead atoms. The van der Waals surface area contributed by atoms with Crippen LogP contribution in [0.15, 0.2) is 84.9 Å². The number of benzene rings is 3. The van der Waals surface area contributed by atoms with E-state index in [-0.39, 0.29) is 0 Å². The molecule has 2 heterocycles. The van der Waals surface area contributed by atoms with Crippen LogP contribution in [-0.4, -0.2) is 21.1 Å². The van der Waals surface area contributed by atoms with Crippen molar-refractivity contribution >= 4 is 22.8 Å². The number of aromatic nitrogens is 3. The van der Waals surface area contributed by atoms with Crippen molar-refractivity contribution in [2.75, 3.05) is 5.73 Å². The van der Waals surface area contributed by atoms with Gasteiger partial charge in [0.05, 0.1) is 16.6 Å². The number of carbonyl (C=O) groups is 1. The molecular weight excluding hydrogens is 416 g/mol. The lowest BCUT2D eigenvalue weighted by Gasteiger charge is -2.11. The minimum atomic E-state index is -0.405. The summed E-state index contributed by atoms with van der Waals surface area (Å²) in [6, 6.07) is 26.2. The van der Waals surface area contributed by atoms with Crippen molar-refractivity contribution in [2.24, 2.45) is 5.84 Å². The maximum atomic E-state index is 12.3. The Morgan fingerprint density at radius 1 is 0.879 bits per heavy atom. The van der Waals surface area contributed by atoms with Gasteiger partial charge in [0.2, 0.25) is 0 Å². The summed E-state index contributed by atoms with van der Waals surface area (Å²) in [5, 5.41) is 7.75. The molecule has 6 N–H and O–H groups in total. The van der Waals surface area contributed by atoms with Gasteiger partial charge in [-0.25, -0.2) is 10.8 Å². The van der Waals surface area contributed by atoms with Gasteiger partial charge in [-0.15, -0.1) is 0 Å². The van der Waals surface area contributed by atoms with Crippen LogP contribution in [0.5, 0.6) is 11.5 Å². The first-order valence-corrected chi connectivity index (χ1v) is 10.2. The predicted molar refractivity (Wildman–Crippen MR) is 127 cm³/mol. The van der Waals surface area contributed by atoms with E-state index >= 15 is 0 Å². The zero-order valence-electron chi connectivity index (χ0n) is 17.4. The second-order valence-corrected chi connectivity index (χ2v) is 7.35. The SMILES string of the molecule is NNC(=O)c1ccccc1-c1cc(-c2ccc(Oc3ccccc3)cc2)c2c(N)[nH]nc2n1. The predicted octanol–water partition coefficient (Wildman–Crippen LogP) is 4.27. The van der Waals surface area contributed by atoms with Gasteiger partial charge in [0.15, 0.2) is 5.65 Å². The molecule has 0 atom stereocenters. The Morgan fingerprint density at radius 3 is 2.33 bits per heavy atom. The van der Waals surface area contributed by atoms with E-state index in [1.54, 1.807) is 12.1 Å². The van der Waals surface area contributed by atoms with Gasteiger partial charge < -0.3 is 10.5 Å². The number of carbonyl (C=O) groups excluding carboxylic acids is 1. The summed E-state index contributed by atoms with van der Waals surface area (Å²) in [5.74, 6) is 6.84. The van der Waals surface area contributed by atoms with Gasteiger partial charge in [-0.05, 0) is 47.5 Å². The standard InChI is InChI=1S/C25H20N6O2/c26-23-22-20(15-10-12-17(13-11-15)33-16-6-2-1-3-7-16)14-21(28-24(22)31-30-23)18-8-4-5-9-19(18)25(32)29-27/h1-14H,27H2,(H,29,32)(H3,26,28,30,31). The molecule has 0 aliphatic heterocycles. The Labute approximate surface area is 189 Å². The number of pyridine rings is 1. The maximum absolute atomic E-state index is 12.3. The molecule has 5 rings (SSSR count). The highest BCUT2D eigenvalue weighted by molar-refractivity contribution is 6.04. The van der Waals surface area contributed by atoms with Gasteiger partial charge >= 0.3 is 0 Å². The van der Waals surface area contributed by atoms with Crippen molar-refractivity contribution in [3.63, 3.8) is 0 Å². The number of nitrogen functional groups attached to an aromatic ring is 2. The summed E-state index contributed by atoms with van der Waals surface area (Å²) < 4.78 is 5.90. The highest BCUT2D eigenvalue weighted by Gasteiger charge is 2.18. The first-order chi connectivity index (χ1) is 16.1. The zero-order valence-corrected chi connectivity index (χ0v) is 17.4. The third kappa shape index (κ3) is 3.86. The average Bonchev–Trinajstić information content (AvgIpc) is 3.25. The van der Waals surface area contributed by atoms with Crippen LogP contribution in [0.3, 0.4) is 0 Å². The largest absolute Gasteiger partial charge is 0.457 e. The Balaban J connectivity index is 1.60. The van der Waals surface area contributed by atoms with E-state index in [1.165, 1.54) is 0 Å². The quantitative estimate of drug-likeness (QED) is 0.185. The van der Waals surface area contributed by atoms with E-state index in [9.17, 15) is 4.79 Å². The molecule has 0 aliphatic carbocycles. The number of ether oxygens (including phenoxy) is 1. The van der Waals surface area contributed by atoms with Crippen LogP contribution < -0.4 is 21.7 Å². The molecule has 0 radical (unpaired) electrons. The molecule has 5 aromatic rings.